The maximum Gasteiger partial charge on any atom is 0.224 e. The highest BCUT2D eigenvalue weighted by Crippen LogP contribution is 2.20. The molecule has 0 aliphatic rings. The molecule has 2 aromatic carbocycles. The summed E-state index contributed by atoms with van der Waals surface area (Å²) in [7, 11) is 1.65. The van der Waals surface area contributed by atoms with Gasteiger partial charge in [-0.3, -0.25) is 4.79 Å². The summed E-state index contributed by atoms with van der Waals surface area (Å²) in [6.45, 7) is 4.11. The molecule has 2 aromatic rings. The first kappa shape index (κ1) is 16.1. The molecule has 0 saturated heterocycles. The van der Waals surface area contributed by atoms with Crippen LogP contribution in [0, 0.1) is 6.92 Å². The molecule has 22 heavy (non-hydrogen) atoms. The largest absolute Gasteiger partial charge is 0.497 e. The lowest BCUT2D eigenvalue weighted by molar-refractivity contribution is -0.121. The Morgan fingerprint density at radius 2 is 1.73 bits per heavy atom. The molecule has 0 heterocycles. The molecule has 1 amide bonds. The molecule has 0 unspecified atom stereocenters. The van der Waals surface area contributed by atoms with Crippen molar-refractivity contribution in [1.82, 2.24) is 5.32 Å². The second-order valence-corrected chi connectivity index (χ2v) is 5.46. The van der Waals surface area contributed by atoms with E-state index in [4.69, 9.17) is 4.74 Å². The third-order valence-electron chi connectivity index (χ3n) is 3.75. The van der Waals surface area contributed by atoms with Gasteiger partial charge in [0, 0.05) is 0 Å². The van der Waals surface area contributed by atoms with E-state index in [1.54, 1.807) is 7.11 Å². The molecular formula is C19H23NO2. The number of hydrogen-bond acceptors (Lipinski definition) is 2. The SMILES string of the molecule is CC[C@H](NC(=O)Cc1ccc(C)cc1)c1ccc(OC)cc1. The Balaban J connectivity index is 1.99. The highest BCUT2D eigenvalue weighted by Gasteiger charge is 2.13. The quantitative estimate of drug-likeness (QED) is 0.880. The predicted molar refractivity (Wildman–Crippen MR) is 89.1 cm³/mol. The number of benzene rings is 2. The van der Waals surface area contributed by atoms with Gasteiger partial charge in [0.05, 0.1) is 19.6 Å². The maximum absolute atomic E-state index is 12.2. The van der Waals surface area contributed by atoms with Gasteiger partial charge < -0.3 is 10.1 Å². The van der Waals surface area contributed by atoms with Crippen LogP contribution in [0.4, 0.5) is 0 Å². The molecule has 0 bridgehead atoms. The van der Waals surface area contributed by atoms with Gasteiger partial charge in [0.1, 0.15) is 5.75 Å². The third kappa shape index (κ3) is 4.35. The number of nitrogens with one attached hydrogen (secondary N) is 1. The van der Waals surface area contributed by atoms with E-state index in [2.05, 4.69) is 12.2 Å². The zero-order valence-corrected chi connectivity index (χ0v) is 13.4. The van der Waals surface area contributed by atoms with Crippen LogP contribution in [-0.2, 0) is 11.2 Å². The van der Waals surface area contributed by atoms with Gasteiger partial charge in [0.15, 0.2) is 0 Å². The fourth-order valence-corrected chi connectivity index (χ4v) is 2.39. The molecule has 3 nitrogen and oxygen atoms in total. The van der Waals surface area contributed by atoms with Crippen LogP contribution in [0.5, 0.6) is 5.75 Å². The highest BCUT2D eigenvalue weighted by atomic mass is 16.5. The fraction of sp³-hybridized carbons (Fsp3) is 0.316. The Kier molecular flexibility index (Phi) is 5.59. The van der Waals surface area contributed by atoms with Crippen molar-refractivity contribution in [2.75, 3.05) is 7.11 Å². The number of carbonyl (C=O) groups excluding carboxylic acids is 1. The van der Waals surface area contributed by atoms with E-state index in [-0.39, 0.29) is 11.9 Å². The van der Waals surface area contributed by atoms with E-state index >= 15 is 0 Å². The Morgan fingerprint density at radius 3 is 2.27 bits per heavy atom. The molecule has 1 N–H and O–H groups in total. The second kappa shape index (κ2) is 7.64. The number of carbonyl (C=O) groups is 1. The van der Waals surface area contributed by atoms with Crippen LogP contribution in [0.3, 0.4) is 0 Å². The lowest BCUT2D eigenvalue weighted by atomic mass is 10.0. The average molecular weight is 297 g/mol. The first-order chi connectivity index (χ1) is 10.6. The Hall–Kier alpha value is -2.29. The minimum absolute atomic E-state index is 0.0313. The lowest BCUT2D eigenvalue weighted by Gasteiger charge is -2.18. The molecule has 0 aliphatic heterocycles. The molecule has 116 valence electrons. The maximum atomic E-state index is 12.2. The van der Waals surface area contributed by atoms with Gasteiger partial charge in [-0.15, -0.1) is 0 Å². The Morgan fingerprint density at radius 1 is 1.09 bits per heavy atom. The standard InChI is InChI=1S/C19H23NO2/c1-4-18(16-9-11-17(22-3)12-10-16)20-19(21)13-15-7-5-14(2)6-8-15/h5-12,18H,4,13H2,1-3H3,(H,20,21)/t18-/m0/s1. The number of aryl methyl sites for hydroxylation is 1. The van der Waals surface area contributed by atoms with Gasteiger partial charge in [-0.25, -0.2) is 0 Å². The normalized spacial score (nSPS) is 11.8. The number of methoxy groups -OCH3 is 1. The van der Waals surface area contributed by atoms with Crippen LogP contribution in [0.2, 0.25) is 0 Å². The van der Waals surface area contributed by atoms with E-state index in [9.17, 15) is 4.79 Å². The highest BCUT2D eigenvalue weighted by molar-refractivity contribution is 5.79. The lowest BCUT2D eigenvalue weighted by Crippen LogP contribution is -2.29. The van der Waals surface area contributed by atoms with E-state index in [0.29, 0.717) is 6.42 Å². The van der Waals surface area contributed by atoms with E-state index < -0.39 is 0 Å². The minimum Gasteiger partial charge on any atom is -0.497 e. The topological polar surface area (TPSA) is 38.3 Å². The summed E-state index contributed by atoms with van der Waals surface area (Å²) in [5.74, 6) is 0.871. The van der Waals surface area contributed by atoms with Gasteiger partial charge in [0.2, 0.25) is 5.91 Å². The van der Waals surface area contributed by atoms with Crippen LogP contribution in [0.25, 0.3) is 0 Å². The van der Waals surface area contributed by atoms with Gasteiger partial charge >= 0.3 is 0 Å². The summed E-state index contributed by atoms with van der Waals surface area (Å²) in [6.07, 6.45) is 1.26. The smallest absolute Gasteiger partial charge is 0.224 e. The third-order valence-corrected chi connectivity index (χ3v) is 3.75. The fourth-order valence-electron chi connectivity index (χ4n) is 2.39. The molecule has 0 fully saturated rings. The summed E-state index contributed by atoms with van der Waals surface area (Å²) < 4.78 is 5.16. The summed E-state index contributed by atoms with van der Waals surface area (Å²) in [6, 6.07) is 15.9. The van der Waals surface area contributed by atoms with Crippen molar-refractivity contribution in [1.29, 1.82) is 0 Å². The van der Waals surface area contributed by atoms with Crippen molar-refractivity contribution in [3.63, 3.8) is 0 Å². The second-order valence-electron chi connectivity index (χ2n) is 5.46. The molecule has 0 radical (unpaired) electrons. The van der Waals surface area contributed by atoms with Gasteiger partial charge in [-0.2, -0.15) is 0 Å². The summed E-state index contributed by atoms with van der Waals surface area (Å²) in [5.41, 5.74) is 3.34. The van der Waals surface area contributed by atoms with Crippen molar-refractivity contribution < 1.29 is 9.53 Å². The monoisotopic (exact) mass is 297 g/mol. The number of ether oxygens (including phenoxy) is 1. The van der Waals surface area contributed by atoms with Crippen molar-refractivity contribution in [3.05, 3.63) is 65.2 Å². The van der Waals surface area contributed by atoms with E-state index in [0.717, 1.165) is 23.3 Å². The van der Waals surface area contributed by atoms with Crippen molar-refractivity contribution in [2.24, 2.45) is 0 Å². The van der Waals surface area contributed by atoms with Crippen LogP contribution in [-0.4, -0.2) is 13.0 Å². The molecule has 0 saturated carbocycles. The van der Waals surface area contributed by atoms with Crippen molar-refractivity contribution in [2.45, 2.75) is 32.7 Å². The van der Waals surface area contributed by atoms with Crippen LogP contribution in [0.15, 0.2) is 48.5 Å². The molecule has 2 rings (SSSR count). The number of hydrogen-bond donors (Lipinski definition) is 1. The van der Waals surface area contributed by atoms with E-state index in [1.807, 2.05) is 55.5 Å². The molecule has 1 atom stereocenters. The van der Waals surface area contributed by atoms with Crippen molar-refractivity contribution in [3.8, 4) is 5.75 Å². The summed E-state index contributed by atoms with van der Waals surface area (Å²) >= 11 is 0. The van der Waals surface area contributed by atoms with Gasteiger partial charge in [0.25, 0.3) is 0 Å². The Labute approximate surface area is 132 Å². The molecule has 0 spiro atoms. The van der Waals surface area contributed by atoms with Crippen molar-refractivity contribution >= 4 is 5.91 Å². The minimum atomic E-state index is 0.0313. The Bertz CT molecular complexity index is 602. The van der Waals surface area contributed by atoms with Gasteiger partial charge in [-0.05, 0) is 36.6 Å². The zero-order valence-electron chi connectivity index (χ0n) is 13.4. The van der Waals surface area contributed by atoms with E-state index in [1.165, 1.54) is 5.56 Å². The van der Waals surface area contributed by atoms with Crippen LogP contribution in [0.1, 0.15) is 36.1 Å². The predicted octanol–water partition coefficient (Wildman–Crippen LogP) is 3.81. The van der Waals surface area contributed by atoms with Crippen LogP contribution < -0.4 is 10.1 Å². The first-order valence-electron chi connectivity index (χ1n) is 7.61. The molecular weight excluding hydrogens is 274 g/mol. The average Bonchev–Trinajstić information content (AvgIpc) is 2.55. The summed E-state index contributed by atoms with van der Waals surface area (Å²) in [4.78, 5) is 12.2. The molecule has 0 aliphatic carbocycles. The van der Waals surface area contributed by atoms with Crippen LogP contribution >= 0.6 is 0 Å². The number of amides is 1. The molecule has 3 heteroatoms. The van der Waals surface area contributed by atoms with Gasteiger partial charge in [-0.1, -0.05) is 48.9 Å². The molecule has 0 aromatic heterocycles. The zero-order chi connectivity index (χ0) is 15.9. The first-order valence-corrected chi connectivity index (χ1v) is 7.61. The summed E-state index contributed by atoms with van der Waals surface area (Å²) in [5, 5.41) is 3.10. The number of rotatable bonds is 6.